The number of nitrogens with one attached hydrogen (secondary N) is 1. The lowest BCUT2D eigenvalue weighted by molar-refractivity contribution is 0.303. The van der Waals surface area contributed by atoms with Crippen molar-refractivity contribution in [1.29, 1.82) is 5.26 Å². The van der Waals surface area contributed by atoms with E-state index in [1.807, 2.05) is 24.5 Å². The van der Waals surface area contributed by atoms with E-state index in [9.17, 15) is 5.26 Å². The van der Waals surface area contributed by atoms with Crippen LogP contribution in [0.4, 0.5) is 5.69 Å². The number of rotatable bonds is 8. The lowest BCUT2D eigenvalue weighted by atomic mass is 10.2. The molecule has 1 aromatic carbocycles. The van der Waals surface area contributed by atoms with Crippen LogP contribution in [0.5, 0.6) is 0 Å². The molecule has 0 aliphatic rings. The topological polar surface area (TPSA) is 39.1 Å². The van der Waals surface area contributed by atoms with E-state index < -0.39 is 0 Å². The lowest BCUT2D eigenvalue weighted by Crippen LogP contribution is -2.25. The molecule has 0 radical (unpaired) electrons. The van der Waals surface area contributed by atoms with Crippen molar-refractivity contribution in [1.82, 2.24) is 4.90 Å². The maximum absolute atomic E-state index is 9.24. The van der Waals surface area contributed by atoms with Gasteiger partial charge in [-0.2, -0.15) is 5.26 Å². The van der Waals surface area contributed by atoms with Crippen LogP contribution in [0, 0.1) is 11.3 Å². The first-order valence-electron chi connectivity index (χ1n) is 6.80. The van der Waals surface area contributed by atoms with E-state index in [4.69, 9.17) is 0 Å². The Morgan fingerprint density at radius 1 is 1.32 bits per heavy atom. The maximum atomic E-state index is 9.24. The van der Waals surface area contributed by atoms with Crippen molar-refractivity contribution in [3.8, 4) is 6.07 Å². The molecule has 19 heavy (non-hydrogen) atoms. The summed E-state index contributed by atoms with van der Waals surface area (Å²) in [6.45, 7) is 8.58. The number of benzene rings is 1. The quantitative estimate of drug-likeness (QED) is 0.584. The summed E-state index contributed by atoms with van der Waals surface area (Å²) in [5.41, 5.74) is 1.71. The van der Waals surface area contributed by atoms with Crippen molar-refractivity contribution < 1.29 is 0 Å². The van der Waals surface area contributed by atoms with E-state index in [1.54, 1.807) is 11.8 Å². The molecule has 0 unspecified atom stereocenters. The Morgan fingerprint density at radius 2 is 2.05 bits per heavy atom. The van der Waals surface area contributed by atoms with Gasteiger partial charge in [-0.3, -0.25) is 0 Å². The minimum Gasteiger partial charge on any atom is -0.384 e. The zero-order valence-electron chi connectivity index (χ0n) is 12.1. The maximum Gasteiger partial charge on any atom is 0.102 e. The molecule has 1 N–H and O–H groups in total. The molecule has 0 saturated carbocycles. The van der Waals surface area contributed by atoms with Gasteiger partial charge in [-0.05, 0) is 44.4 Å². The molecule has 1 rings (SSSR count). The molecule has 0 fully saturated rings. The highest BCUT2D eigenvalue weighted by Crippen LogP contribution is 2.26. The van der Waals surface area contributed by atoms with Gasteiger partial charge in [0.2, 0.25) is 0 Å². The fourth-order valence-corrected chi connectivity index (χ4v) is 2.60. The molecule has 0 amide bonds. The number of nitriles is 1. The molecule has 0 aliphatic heterocycles. The first-order chi connectivity index (χ1) is 9.26. The number of hydrogen-bond acceptors (Lipinski definition) is 4. The van der Waals surface area contributed by atoms with E-state index in [0.717, 1.165) is 48.7 Å². The number of nitrogens with zero attached hydrogens (tertiary/aromatic N) is 2. The summed E-state index contributed by atoms with van der Waals surface area (Å²) < 4.78 is 0. The zero-order chi connectivity index (χ0) is 14.1. The molecule has 1 aromatic rings. The van der Waals surface area contributed by atoms with E-state index in [1.165, 1.54) is 0 Å². The Labute approximate surface area is 121 Å². The number of thioether (sulfide) groups is 1. The highest BCUT2D eigenvalue weighted by atomic mass is 32.2. The zero-order valence-corrected chi connectivity index (χ0v) is 12.9. The van der Waals surface area contributed by atoms with E-state index in [2.05, 4.69) is 30.1 Å². The molecule has 0 spiro atoms. The van der Waals surface area contributed by atoms with Crippen LogP contribution in [-0.4, -0.2) is 37.3 Å². The molecule has 0 bridgehead atoms. The summed E-state index contributed by atoms with van der Waals surface area (Å²) >= 11 is 1.61. The normalized spacial score (nSPS) is 10.5. The highest BCUT2D eigenvalue weighted by molar-refractivity contribution is 7.98. The van der Waals surface area contributed by atoms with Gasteiger partial charge in [-0.1, -0.05) is 19.9 Å². The Kier molecular flexibility index (Phi) is 7.39. The predicted molar refractivity (Wildman–Crippen MR) is 83.8 cm³/mol. The van der Waals surface area contributed by atoms with E-state index in [-0.39, 0.29) is 0 Å². The molecule has 0 saturated heterocycles. The average Bonchev–Trinajstić information content (AvgIpc) is 2.46. The smallest absolute Gasteiger partial charge is 0.102 e. The van der Waals surface area contributed by atoms with Crippen LogP contribution >= 0.6 is 11.8 Å². The first-order valence-corrected chi connectivity index (χ1v) is 8.02. The van der Waals surface area contributed by atoms with Gasteiger partial charge in [-0.25, -0.2) is 0 Å². The van der Waals surface area contributed by atoms with Crippen molar-refractivity contribution in [3.63, 3.8) is 0 Å². The standard InChI is InChI=1S/C15H23N3S/c1-4-18(5-2)11-7-10-17-14-8-6-9-15(19-3)13(14)12-16/h6,8-9,17H,4-5,7,10-11H2,1-3H3. The van der Waals surface area contributed by atoms with Crippen LogP contribution in [0.25, 0.3) is 0 Å². The van der Waals surface area contributed by atoms with Crippen LogP contribution in [0.1, 0.15) is 25.8 Å². The Balaban J connectivity index is 2.52. The molecule has 3 nitrogen and oxygen atoms in total. The minimum atomic E-state index is 0.762. The molecule has 0 aliphatic carbocycles. The summed E-state index contributed by atoms with van der Waals surface area (Å²) in [5.74, 6) is 0. The number of hydrogen-bond donors (Lipinski definition) is 1. The van der Waals surface area contributed by atoms with Crippen molar-refractivity contribution in [2.24, 2.45) is 0 Å². The first kappa shape index (κ1) is 15.9. The van der Waals surface area contributed by atoms with Crippen LogP contribution in [0.3, 0.4) is 0 Å². The fraction of sp³-hybridized carbons (Fsp3) is 0.533. The Morgan fingerprint density at radius 3 is 2.63 bits per heavy atom. The summed E-state index contributed by atoms with van der Waals surface area (Å²) in [6, 6.07) is 8.26. The van der Waals surface area contributed by atoms with Gasteiger partial charge in [0.25, 0.3) is 0 Å². The molecule has 104 valence electrons. The van der Waals surface area contributed by atoms with Crippen LogP contribution in [0.15, 0.2) is 23.1 Å². The summed E-state index contributed by atoms with van der Waals surface area (Å²) in [6.07, 6.45) is 3.09. The van der Waals surface area contributed by atoms with Gasteiger partial charge in [0.05, 0.1) is 11.3 Å². The SMILES string of the molecule is CCN(CC)CCCNc1cccc(SC)c1C#N. The average molecular weight is 277 g/mol. The van der Waals surface area contributed by atoms with Crippen molar-refractivity contribution in [2.75, 3.05) is 37.8 Å². The minimum absolute atomic E-state index is 0.762. The largest absolute Gasteiger partial charge is 0.384 e. The van der Waals surface area contributed by atoms with Crippen molar-refractivity contribution in [3.05, 3.63) is 23.8 Å². The second-order valence-electron chi connectivity index (χ2n) is 4.30. The summed E-state index contributed by atoms with van der Waals surface area (Å²) in [7, 11) is 0. The van der Waals surface area contributed by atoms with Gasteiger partial charge < -0.3 is 10.2 Å². The van der Waals surface area contributed by atoms with Gasteiger partial charge in [0.1, 0.15) is 6.07 Å². The third-order valence-electron chi connectivity index (χ3n) is 3.22. The van der Waals surface area contributed by atoms with Gasteiger partial charge in [0.15, 0.2) is 0 Å². The van der Waals surface area contributed by atoms with Crippen LogP contribution < -0.4 is 5.32 Å². The van der Waals surface area contributed by atoms with Gasteiger partial charge in [-0.15, -0.1) is 11.8 Å². The molecular formula is C15H23N3S. The third kappa shape index (κ3) is 4.77. The van der Waals surface area contributed by atoms with Crippen molar-refractivity contribution >= 4 is 17.4 Å². The summed E-state index contributed by atoms with van der Waals surface area (Å²) in [4.78, 5) is 3.45. The molecule has 0 atom stereocenters. The van der Waals surface area contributed by atoms with Crippen LogP contribution in [-0.2, 0) is 0 Å². The van der Waals surface area contributed by atoms with E-state index >= 15 is 0 Å². The molecule has 0 heterocycles. The monoisotopic (exact) mass is 277 g/mol. The fourth-order valence-electron chi connectivity index (χ4n) is 2.03. The predicted octanol–water partition coefficient (Wildman–Crippen LogP) is 3.42. The number of anilines is 1. The highest BCUT2D eigenvalue weighted by Gasteiger charge is 2.06. The Hall–Kier alpha value is -1.18. The molecule has 0 aromatic heterocycles. The molecular weight excluding hydrogens is 254 g/mol. The van der Waals surface area contributed by atoms with E-state index in [0.29, 0.717) is 0 Å². The van der Waals surface area contributed by atoms with Gasteiger partial charge >= 0.3 is 0 Å². The third-order valence-corrected chi connectivity index (χ3v) is 4.00. The summed E-state index contributed by atoms with van der Waals surface area (Å²) in [5, 5.41) is 12.6. The van der Waals surface area contributed by atoms with Gasteiger partial charge in [0, 0.05) is 11.4 Å². The van der Waals surface area contributed by atoms with Crippen LogP contribution in [0.2, 0.25) is 0 Å². The Bertz CT molecular complexity index is 422. The lowest BCUT2D eigenvalue weighted by Gasteiger charge is -2.18. The second kappa shape index (κ2) is 8.84. The molecule has 4 heteroatoms. The second-order valence-corrected chi connectivity index (χ2v) is 5.15. The van der Waals surface area contributed by atoms with Crippen molar-refractivity contribution in [2.45, 2.75) is 25.2 Å².